The Bertz CT molecular complexity index is 272. The lowest BCUT2D eigenvalue weighted by molar-refractivity contribution is 0.0185. The van der Waals surface area contributed by atoms with Gasteiger partial charge >= 0.3 is 0 Å². The van der Waals surface area contributed by atoms with Gasteiger partial charge in [0, 0.05) is 13.5 Å². The van der Waals surface area contributed by atoms with Crippen molar-refractivity contribution in [2.24, 2.45) is 5.73 Å². The van der Waals surface area contributed by atoms with Gasteiger partial charge in [-0.1, -0.05) is 11.3 Å². The zero-order valence-electron chi connectivity index (χ0n) is 8.20. The fourth-order valence-corrected chi connectivity index (χ4v) is 1.74. The van der Waals surface area contributed by atoms with Crippen molar-refractivity contribution in [3.8, 4) is 0 Å². The van der Waals surface area contributed by atoms with Gasteiger partial charge in [0.05, 0.1) is 0 Å². The fourth-order valence-electron chi connectivity index (χ4n) is 0.809. The van der Waals surface area contributed by atoms with Crippen molar-refractivity contribution in [2.75, 3.05) is 13.7 Å². The molecule has 0 unspecified atom stereocenters. The molecule has 1 rings (SSSR count). The van der Waals surface area contributed by atoms with Crippen LogP contribution in [-0.4, -0.2) is 23.9 Å². The molecular weight excluding hydrogens is 186 g/mol. The molecule has 0 bridgehead atoms. The fraction of sp³-hybridized carbons (Fsp3) is 0.750. The van der Waals surface area contributed by atoms with Crippen LogP contribution in [0.2, 0.25) is 0 Å². The average molecular weight is 201 g/mol. The number of rotatable bonds is 4. The monoisotopic (exact) mass is 201 g/mol. The number of nitrogens with zero attached hydrogens (tertiary/aromatic N) is 2. The van der Waals surface area contributed by atoms with Gasteiger partial charge in [-0.15, -0.1) is 10.2 Å². The van der Waals surface area contributed by atoms with Crippen molar-refractivity contribution in [2.45, 2.75) is 25.9 Å². The van der Waals surface area contributed by atoms with Gasteiger partial charge in [0.1, 0.15) is 15.6 Å². The molecule has 0 atom stereocenters. The summed E-state index contributed by atoms with van der Waals surface area (Å²) in [6.07, 6.45) is 0.789. The Labute approximate surface area is 82.1 Å². The van der Waals surface area contributed by atoms with E-state index < -0.39 is 0 Å². The van der Waals surface area contributed by atoms with Crippen LogP contribution >= 0.6 is 11.3 Å². The first-order valence-corrected chi connectivity index (χ1v) is 5.00. The van der Waals surface area contributed by atoms with E-state index in [1.165, 1.54) is 0 Å². The maximum absolute atomic E-state index is 5.42. The molecule has 4 nitrogen and oxygen atoms in total. The Balaban J connectivity index is 2.79. The normalized spacial score (nSPS) is 12.0. The Morgan fingerprint density at radius 2 is 2.15 bits per heavy atom. The number of methoxy groups -OCH3 is 1. The summed E-state index contributed by atoms with van der Waals surface area (Å²) in [6.45, 7) is 4.56. The third-order valence-corrected chi connectivity index (χ3v) is 3.14. The first kappa shape index (κ1) is 10.6. The van der Waals surface area contributed by atoms with E-state index >= 15 is 0 Å². The van der Waals surface area contributed by atoms with Gasteiger partial charge in [-0.2, -0.15) is 0 Å². The molecule has 0 radical (unpaired) electrons. The SMILES string of the molecule is COC(C)(C)c1nnc(CCN)s1. The zero-order chi connectivity index (χ0) is 9.90. The highest BCUT2D eigenvalue weighted by Crippen LogP contribution is 2.26. The van der Waals surface area contributed by atoms with Gasteiger partial charge < -0.3 is 10.5 Å². The van der Waals surface area contributed by atoms with Gasteiger partial charge in [0.15, 0.2) is 0 Å². The van der Waals surface area contributed by atoms with Crippen LogP contribution in [0.4, 0.5) is 0 Å². The summed E-state index contributed by atoms with van der Waals surface area (Å²) in [4.78, 5) is 0. The quantitative estimate of drug-likeness (QED) is 0.787. The number of hydrogen-bond donors (Lipinski definition) is 1. The van der Waals surface area contributed by atoms with Crippen molar-refractivity contribution in [3.05, 3.63) is 10.0 Å². The smallest absolute Gasteiger partial charge is 0.148 e. The Morgan fingerprint density at radius 3 is 2.69 bits per heavy atom. The second-order valence-electron chi connectivity index (χ2n) is 3.25. The Hall–Kier alpha value is -0.520. The number of nitrogens with two attached hydrogens (primary N) is 1. The van der Waals surface area contributed by atoms with Gasteiger partial charge in [-0.05, 0) is 20.4 Å². The molecule has 0 fully saturated rings. The van der Waals surface area contributed by atoms with Crippen LogP contribution in [0.1, 0.15) is 23.9 Å². The molecular formula is C8H15N3OS. The third-order valence-electron chi connectivity index (χ3n) is 1.85. The zero-order valence-corrected chi connectivity index (χ0v) is 9.02. The summed E-state index contributed by atoms with van der Waals surface area (Å²) in [5, 5.41) is 9.97. The molecule has 0 amide bonds. The van der Waals surface area contributed by atoms with Crippen molar-refractivity contribution in [1.82, 2.24) is 10.2 Å². The molecule has 0 aliphatic heterocycles. The van der Waals surface area contributed by atoms with Gasteiger partial charge in [-0.25, -0.2) is 0 Å². The maximum Gasteiger partial charge on any atom is 0.148 e. The summed E-state index contributed by atoms with van der Waals surface area (Å²) >= 11 is 1.56. The number of hydrogen-bond acceptors (Lipinski definition) is 5. The lowest BCUT2D eigenvalue weighted by atomic mass is 10.1. The minimum Gasteiger partial charge on any atom is -0.372 e. The van der Waals surface area contributed by atoms with Crippen LogP contribution in [0.3, 0.4) is 0 Å². The molecule has 13 heavy (non-hydrogen) atoms. The van der Waals surface area contributed by atoms with Crippen LogP contribution in [0.5, 0.6) is 0 Å². The van der Waals surface area contributed by atoms with Crippen LogP contribution in [-0.2, 0) is 16.8 Å². The van der Waals surface area contributed by atoms with Crippen molar-refractivity contribution >= 4 is 11.3 Å². The standard InChI is InChI=1S/C8H15N3OS/c1-8(2,12-3)7-11-10-6(13-7)4-5-9/h4-5,9H2,1-3H3. The largest absolute Gasteiger partial charge is 0.372 e. The average Bonchev–Trinajstić information content (AvgIpc) is 2.54. The summed E-state index contributed by atoms with van der Waals surface area (Å²) in [6, 6.07) is 0. The third kappa shape index (κ3) is 2.46. The van der Waals surface area contributed by atoms with Gasteiger partial charge in [-0.3, -0.25) is 0 Å². The molecule has 0 aliphatic carbocycles. The molecule has 0 aromatic carbocycles. The van der Waals surface area contributed by atoms with Crippen LogP contribution in [0.15, 0.2) is 0 Å². The van der Waals surface area contributed by atoms with E-state index in [1.54, 1.807) is 18.4 Å². The molecule has 0 spiro atoms. The summed E-state index contributed by atoms with van der Waals surface area (Å²) in [7, 11) is 1.67. The molecule has 1 heterocycles. The molecule has 1 aromatic rings. The summed E-state index contributed by atoms with van der Waals surface area (Å²) < 4.78 is 5.29. The van der Waals surface area contributed by atoms with E-state index in [4.69, 9.17) is 10.5 Å². The highest BCUT2D eigenvalue weighted by atomic mass is 32.1. The van der Waals surface area contributed by atoms with Gasteiger partial charge in [0.2, 0.25) is 0 Å². The maximum atomic E-state index is 5.42. The van der Waals surface area contributed by atoms with Crippen molar-refractivity contribution in [3.63, 3.8) is 0 Å². The van der Waals surface area contributed by atoms with E-state index in [0.29, 0.717) is 6.54 Å². The van der Waals surface area contributed by atoms with E-state index in [2.05, 4.69) is 10.2 Å². The highest BCUT2D eigenvalue weighted by molar-refractivity contribution is 7.11. The van der Waals surface area contributed by atoms with Crippen LogP contribution in [0.25, 0.3) is 0 Å². The Kier molecular flexibility index (Phi) is 3.35. The minimum absolute atomic E-state index is 0.343. The van der Waals surface area contributed by atoms with E-state index in [9.17, 15) is 0 Å². The van der Waals surface area contributed by atoms with E-state index in [0.717, 1.165) is 16.4 Å². The molecule has 0 saturated carbocycles. The first-order valence-electron chi connectivity index (χ1n) is 4.18. The lowest BCUT2D eigenvalue weighted by Crippen LogP contribution is -2.18. The van der Waals surface area contributed by atoms with Crippen molar-refractivity contribution in [1.29, 1.82) is 0 Å². The van der Waals surface area contributed by atoms with Crippen LogP contribution in [0, 0.1) is 0 Å². The molecule has 74 valence electrons. The number of ether oxygens (including phenoxy) is 1. The Morgan fingerprint density at radius 1 is 1.46 bits per heavy atom. The van der Waals surface area contributed by atoms with Crippen LogP contribution < -0.4 is 5.73 Å². The predicted octanol–water partition coefficient (Wildman–Crippen LogP) is 0.921. The predicted molar refractivity (Wildman–Crippen MR) is 52.7 cm³/mol. The molecule has 1 aromatic heterocycles. The van der Waals surface area contributed by atoms with E-state index in [1.807, 2.05) is 13.8 Å². The molecule has 0 saturated heterocycles. The topological polar surface area (TPSA) is 61.0 Å². The first-order chi connectivity index (χ1) is 6.10. The summed E-state index contributed by atoms with van der Waals surface area (Å²) in [5.41, 5.74) is 5.08. The summed E-state index contributed by atoms with van der Waals surface area (Å²) in [5.74, 6) is 0. The molecule has 5 heteroatoms. The molecule has 2 N–H and O–H groups in total. The number of aromatic nitrogens is 2. The van der Waals surface area contributed by atoms with E-state index in [-0.39, 0.29) is 5.60 Å². The highest BCUT2D eigenvalue weighted by Gasteiger charge is 2.24. The minimum atomic E-state index is -0.343. The van der Waals surface area contributed by atoms with Gasteiger partial charge in [0.25, 0.3) is 0 Å². The second kappa shape index (κ2) is 4.13. The van der Waals surface area contributed by atoms with Crippen molar-refractivity contribution < 1.29 is 4.74 Å². The molecule has 0 aliphatic rings. The lowest BCUT2D eigenvalue weighted by Gasteiger charge is -2.18. The second-order valence-corrected chi connectivity index (χ2v) is 4.32.